The van der Waals surface area contributed by atoms with Crippen LogP contribution in [0, 0.1) is 0 Å². The van der Waals surface area contributed by atoms with Gasteiger partial charge >= 0.3 is 5.97 Å². The summed E-state index contributed by atoms with van der Waals surface area (Å²) in [6, 6.07) is 0.898. The molecule has 0 aliphatic carbocycles. The van der Waals surface area contributed by atoms with Crippen LogP contribution in [0.1, 0.15) is 49.5 Å². The molecule has 1 N–H and O–H groups in total. The number of carbonyl (C=O) groups is 1. The molecule has 0 amide bonds. The SMILES string of the molecule is CCCC1CCCCN1c1nc(C(=O)O)co1. The minimum absolute atomic E-state index is 0.0131. The van der Waals surface area contributed by atoms with Gasteiger partial charge in [0.15, 0.2) is 5.69 Å². The smallest absolute Gasteiger partial charge is 0.357 e. The van der Waals surface area contributed by atoms with Crippen molar-refractivity contribution in [2.45, 2.75) is 45.1 Å². The van der Waals surface area contributed by atoms with Crippen molar-refractivity contribution in [1.29, 1.82) is 0 Å². The third kappa shape index (κ3) is 2.60. The van der Waals surface area contributed by atoms with Crippen molar-refractivity contribution >= 4 is 12.0 Å². The van der Waals surface area contributed by atoms with Crippen LogP contribution >= 0.6 is 0 Å². The predicted molar refractivity (Wildman–Crippen MR) is 63.4 cm³/mol. The molecule has 17 heavy (non-hydrogen) atoms. The van der Waals surface area contributed by atoms with Crippen molar-refractivity contribution < 1.29 is 14.3 Å². The molecule has 1 unspecified atom stereocenters. The standard InChI is InChI=1S/C12H18N2O3/c1-2-5-9-6-3-4-7-14(9)12-13-10(8-17-12)11(15)16/h8-9H,2-7H2,1H3,(H,15,16). The highest BCUT2D eigenvalue weighted by Crippen LogP contribution is 2.26. The zero-order valence-electron chi connectivity index (χ0n) is 10.1. The Balaban J connectivity index is 2.14. The number of hydrogen-bond acceptors (Lipinski definition) is 4. The number of rotatable bonds is 4. The Morgan fingerprint density at radius 2 is 2.47 bits per heavy atom. The molecule has 0 saturated carbocycles. The highest BCUT2D eigenvalue weighted by atomic mass is 16.4. The summed E-state index contributed by atoms with van der Waals surface area (Å²) in [7, 11) is 0. The van der Waals surface area contributed by atoms with Crippen LogP contribution in [0.5, 0.6) is 0 Å². The third-order valence-electron chi connectivity index (χ3n) is 3.21. The van der Waals surface area contributed by atoms with E-state index < -0.39 is 5.97 Å². The average molecular weight is 238 g/mol. The summed E-state index contributed by atoms with van der Waals surface area (Å²) in [6.07, 6.45) is 6.92. The van der Waals surface area contributed by atoms with Gasteiger partial charge in [-0.25, -0.2) is 4.79 Å². The molecule has 5 heteroatoms. The minimum Gasteiger partial charge on any atom is -0.476 e. The zero-order valence-corrected chi connectivity index (χ0v) is 10.1. The summed E-state index contributed by atoms with van der Waals surface area (Å²) in [6.45, 7) is 3.06. The molecule has 1 aliphatic heterocycles. The molecular formula is C12H18N2O3. The quantitative estimate of drug-likeness (QED) is 0.873. The predicted octanol–water partition coefficient (Wildman–Crippen LogP) is 2.53. The summed E-state index contributed by atoms with van der Waals surface area (Å²) >= 11 is 0. The van der Waals surface area contributed by atoms with Crippen LogP contribution in [0.3, 0.4) is 0 Å². The first-order valence-corrected chi connectivity index (χ1v) is 6.18. The topological polar surface area (TPSA) is 66.6 Å². The summed E-state index contributed by atoms with van der Waals surface area (Å²) in [5.41, 5.74) is -0.0131. The highest BCUT2D eigenvalue weighted by Gasteiger charge is 2.26. The van der Waals surface area contributed by atoms with Crippen molar-refractivity contribution in [1.82, 2.24) is 4.98 Å². The number of aromatic carboxylic acids is 1. The van der Waals surface area contributed by atoms with E-state index in [1.165, 1.54) is 12.7 Å². The highest BCUT2D eigenvalue weighted by molar-refractivity contribution is 5.85. The fraction of sp³-hybridized carbons (Fsp3) is 0.667. The van der Waals surface area contributed by atoms with Crippen molar-refractivity contribution in [3.63, 3.8) is 0 Å². The molecule has 0 spiro atoms. The Bertz CT molecular complexity index is 387. The number of anilines is 1. The van der Waals surface area contributed by atoms with E-state index in [0.29, 0.717) is 12.1 Å². The molecular weight excluding hydrogens is 220 g/mol. The van der Waals surface area contributed by atoms with Gasteiger partial charge < -0.3 is 14.4 Å². The third-order valence-corrected chi connectivity index (χ3v) is 3.21. The van der Waals surface area contributed by atoms with E-state index >= 15 is 0 Å². The summed E-state index contributed by atoms with van der Waals surface area (Å²) in [5, 5.41) is 8.82. The number of aromatic nitrogens is 1. The van der Waals surface area contributed by atoms with E-state index in [0.717, 1.165) is 32.2 Å². The van der Waals surface area contributed by atoms with Gasteiger partial charge in [-0.15, -0.1) is 0 Å². The largest absolute Gasteiger partial charge is 0.476 e. The second-order valence-corrected chi connectivity index (χ2v) is 4.45. The maximum absolute atomic E-state index is 10.8. The first-order chi connectivity index (χ1) is 8.22. The van der Waals surface area contributed by atoms with Crippen LogP contribution in [-0.4, -0.2) is 28.6 Å². The minimum atomic E-state index is -1.04. The molecule has 0 aromatic carbocycles. The fourth-order valence-corrected chi connectivity index (χ4v) is 2.38. The molecule has 0 radical (unpaired) electrons. The van der Waals surface area contributed by atoms with Crippen molar-refractivity contribution in [2.75, 3.05) is 11.4 Å². The van der Waals surface area contributed by atoms with E-state index in [9.17, 15) is 4.79 Å². The summed E-state index contributed by atoms with van der Waals surface area (Å²) in [4.78, 5) is 16.9. The molecule has 1 fully saturated rings. The van der Waals surface area contributed by atoms with Crippen LogP contribution in [-0.2, 0) is 0 Å². The molecule has 1 aromatic rings. The molecule has 2 rings (SSSR count). The molecule has 2 heterocycles. The second-order valence-electron chi connectivity index (χ2n) is 4.45. The van der Waals surface area contributed by atoms with Crippen molar-refractivity contribution in [2.24, 2.45) is 0 Å². The number of carboxylic acids is 1. The molecule has 5 nitrogen and oxygen atoms in total. The number of nitrogens with zero attached hydrogens (tertiary/aromatic N) is 2. The van der Waals surface area contributed by atoms with Crippen molar-refractivity contribution in [3.05, 3.63) is 12.0 Å². The lowest BCUT2D eigenvalue weighted by atomic mass is 9.99. The Hall–Kier alpha value is -1.52. The van der Waals surface area contributed by atoms with Crippen LogP contribution in [0.2, 0.25) is 0 Å². The van der Waals surface area contributed by atoms with Gasteiger partial charge in [-0.2, -0.15) is 4.98 Å². The molecule has 1 aliphatic rings. The van der Waals surface area contributed by atoms with Gasteiger partial charge in [-0.1, -0.05) is 13.3 Å². The Labute approximate surface area is 100 Å². The Morgan fingerprint density at radius 3 is 3.12 bits per heavy atom. The number of hydrogen-bond donors (Lipinski definition) is 1. The Kier molecular flexibility index (Phi) is 3.66. The molecule has 1 atom stereocenters. The van der Waals surface area contributed by atoms with Gasteiger partial charge in [-0.3, -0.25) is 0 Å². The Morgan fingerprint density at radius 1 is 1.65 bits per heavy atom. The average Bonchev–Trinajstić information content (AvgIpc) is 2.79. The monoisotopic (exact) mass is 238 g/mol. The van der Waals surface area contributed by atoms with Gasteiger partial charge in [0.1, 0.15) is 6.26 Å². The van der Waals surface area contributed by atoms with Crippen molar-refractivity contribution in [3.8, 4) is 0 Å². The number of carboxylic acid groups (broad SMARTS) is 1. The molecule has 1 aromatic heterocycles. The fourth-order valence-electron chi connectivity index (χ4n) is 2.38. The maximum atomic E-state index is 10.8. The van der Waals surface area contributed by atoms with Crippen LogP contribution in [0.15, 0.2) is 10.7 Å². The van der Waals surface area contributed by atoms with Crippen LogP contribution < -0.4 is 4.90 Å². The van der Waals surface area contributed by atoms with Gasteiger partial charge in [0.25, 0.3) is 6.01 Å². The molecule has 94 valence electrons. The number of piperidine rings is 1. The van der Waals surface area contributed by atoms with E-state index in [4.69, 9.17) is 9.52 Å². The lowest BCUT2D eigenvalue weighted by Crippen LogP contribution is -2.39. The van der Waals surface area contributed by atoms with Crippen LogP contribution in [0.25, 0.3) is 0 Å². The van der Waals surface area contributed by atoms with Gasteiger partial charge in [-0.05, 0) is 25.7 Å². The molecule has 1 saturated heterocycles. The maximum Gasteiger partial charge on any atom is 0.357 e. The normalized spacial score (nSPS) is 20.5. The van der Waals surface area contributed by atoms with Gasteiger partial charge in [0.2, 0.25) is 0 Å². The van der Waals surface area contributed by atoms with Gasteiger partial charge in [0.05, 0.1) is 0 Å². The zero-order chi connectivity index (χ0) is 12.3. The lowest BCUT2D eigenvalue weighted by molar-refractivity contribution is 0.0690. The summed E-state index contributed by atoms with van der Waals surface area (Å²) < 4.78 is 5.28. The van der Waals surface area contributed by atoms with E-state index in [2.05, 4.69) is 16.8 Å². The van der Waals surface area contributed by atoms with E-state index in [1.54, 1.807) is 0 Å². The van der Waals surface area contributed by atoms with Crippen LogP contribution in [0.4, 0.5) is 6.01 Å². The second kappa shape index (κ2) is 5.21. The summed E-state index contributed by atoms with van der Waals surface area (Å²) in [5.74, 6) is -1.04. The lowest BCUT2D eigenvalue weighted by Gasteiger charge is -2.34. The van der Waals surface area contributed by atoms with E-state index in [1.807, 2.05) is 0 Å². The molecule has 0 bridgehead atoms. The van der Waals surface area contributed by atoms with E-state index in [-0.39, 0.29) is 5.69 Å². The first-order valence-electron chi connectivity index (χ1n) is 6.18. The first kappa shape index (κ1) is 12.0. The van der Waals surface area contributed by atoms with Gasteiger partial charge in [0, 0.05) is 12.6 Å². The number of oxazole rings is 1.